The zero-order chi connectivity index (χ0) is 21.0. The monoisotopic (exact) mass is 437 g/mol. The molecular weight excluding hydrogens is 420 g/mol. The van der Waals surface area contributed by atoms with Crippen LogP contribution in [0.2, 0.25) is 0 Å². The highest BCUT2D eigenvalue weighted by atomic mass is 32.2. The molecule has 0 unspecified atom stereocenters. The number of nitrogens with zero attached hydrogens (tertiary/aromatic N) is 1. The number of carboxylic acids is 1. The number of benzene rings is 1. The van der Waals surface area contributed by atoms with Crippen molar-refractivity contribution in [2.45, 2.75) is 25.7 Å². The van der Waals surface area contributed by atoms with Gasteiger partial charge in [0.05, 0.1) is 10.5 Å². The number of hydrogen-bond acceptors (Lipinski definition) is 5. The van der Waals surface area contributed by atoms with E-state index in [1.165, 1.54) is 17.0 Å². The van der Waals surface area contributed by atoms with Crippen molar-refractivity contribution < 1.29 is 27.9 Å². The predicted molar refractivity (Wildman–Crippen MR) is 110 cm³/mol. The number of hydrogen-bond donors (Lipinski definition) is 1. The first kappa shape index (κ1) is 21.2. The summed E-state index contributed by atoms with van der Waals surface area (Å²) < 4.78 is 33.0. The fourth-order valence-corrected chi connectivity index (χ4v) is 4.10. The zero-order valence-electron chi connectivity index (χ0n) is 15.2. The second kappa shape index (κ2) is 9.32. The number of carbonyl (C=O) groups is 2. The van der Waals surface area contributed by atoms with Crippen LogP contribution < -0.4 is 0 Å². The van der Waals surface area contributed by atoms with Crippen LogP contribution in [-0.4, -0.2) is 32.7 Å². The van der Waals surface area contributed by atoms with Crippen molar-refractivity contribution in [3.8, 4) is 11.3 Å². The smallest absolute Gasteiger partial charge is 0.303 e. The molecule has 0 radical (unpaired) electrons. The lowest BCUT2D eigenvalue weighted by molar-refractivity contribution is -0.137. The van der Waals surface area contributed by atoms with Gasteiger partial charge >= 0.3 is 5.97 Å². The second-order valence-electron chi connectivity index (χ2n) is 6.36. The fraction of sp³-hybridized carbons (Fsp3) is 0.250. The highest BCUT2D eigenvalue weighted by Gasteiger charge is 2.31. The molecule has 1 fully saturated rings. The standard InChI is InChI=1S/C20H17F2NO4S2/c21-12-5-7-14(15(22)10-12)16-8-6-13(27-16)11-17-19(26)23(20(28)29-17)9-3-1-2-4-18(24)25/h5-8,10-11H,1-4,9H2,(H,24,25). The lowest BCUT2D eigenvalue weighted by Gasteiger charge is -2.13. The number of amides is 1. The van der Waals surface area contributed by atoms with Gasteiger partial charge in [-0.2, -0.15) is 0 Å². The lowest BCUT2D eigenvalue weighted by atomic mass is 10.1. The molecule has 1 aromatic heterocycles. The number of carbonyl (C=O) groups excluding carboxylic acids is 1. The summed E-state index contributed by atoms with van der Waals surface area (Å²) in [7, 11) is 0. The Labute approximate surface area is 175 Å². The summed E-state index contributed by atoms with van der Waals surface area (Å²) >= 11 is 6.41. The van der Waals surface area contributed by atoms with E-state index in [0.29, 0.717) is 40.8 Å². The molecule has 5 nitrogen and oxygen atoms in total. The van der Waals surface area contributed by atoms with Crippen molar-refractivity contribution in [3.05, 3.63) is 52.6 Å². The van der Waals surface area contributed by atoms with E-state index in [-0.39, 0.29) is 23.7 Å². The molecule has 1 N–H and O–H groups in total. The van der Waals surface area contributed by atoms with Crippen molar-refractivity contribution in [3.63, 3.8) is 0 Å². The van der Waals surface area contributed by atoms with Crippen LogP contribution >= 0.6 is 24.0 Å². The van der Waals surface area contributed by atoms with Gasteiger partial charge in [0.2, 0.25) is 0 Å². The minimum absolute atomic E-state index is 0.105. The van der Waals surface area contributed by atoms with E-state index in [2.05, 4.69) is 0 Å². The largest absolute Gasteiger partial charge is 0.481 e. The third-order valence-electron chi connectivity index (χ3n) is 4.24. The first-order chi connectivity index (χ1) is 13.8. The minimum Gasteiger partial charge on any atom is -0.481 e. The highest BCUT2D eigenvalue weighted by molar-refractivity contribution is 8.26. The van der Waals surface area contributed by atoms with Gasteiger partial charge in [-0.1, -0.05) is 30.4 Å². The molecule has 0 spiro atoms. The first-order valence-electron chi connectivity index (χ1n) is 8.87. The third kappa shape index (κ3) is 5.30. The zero-order valence-corrected chi connectivity index (χ0v) is 16.8. The van der Waals surface area contributed by atoms with Gasteiger partial charge < -0.3 is 9.52 Å². The molecule has 1 aliphatic heterocycles. The molecule has 1 saturated heterocycles. The molecule has 152 valence electrons. The molecule has 1 amide bonds. The Morgan fingerprint density at radius 3 is 2.72 bits per heavy atom. The van der Waals surface area contributed by atoms with Gasteiger partial charge in [0.1, 0.15) is 27.5 Å². The summed E-state index contributed by atoms with van der Waals surface area (Å²) in [4.78, 5) is 25.0. The van der Waals surface area contributed by atoms with Crippen LogP contribution in [0.15, 0.2) is 39.7 Å². The fourth-order valence-electron chi connectivity index (χ4n) is 2.81. The number of carboxylic acid groups (broad SMARTS) is 1. The molecule has 0 bridgehead atoms. The number of thioether (sulfide) groups is 1. The predicted octanol–water partition coefficient (Wildman–Crippen LogP) is 5.07. The Morgan fingerprint density at radius 1 is 1.21 bits per heavy atom. The summed E-state index contributed by atoms with van der Waals surface area (Å²) in [5.41, 5.74) is 0.125. The van der Waals surface area contributed by atoms with Gasteiger partial charge in [-0.3, -0.25) is 14.5 Å². The van der Waals surface area contributed by atoms with Crippen LogP contribution in [0, 0.1) is 11.6 Å². The molecular formula is C20H17F2NO4S2. The molecule has 9 heteroatoms. The number of unbranched alkanes of at least 4 members (excludes halogenated alkanes) is 2. The summed E-state index contributed by atoms with van der Waals surface area (Å²) in [6, 6.07) is 6.35. The first-order valence-corrected chi connectivity index (χ1v) is 10.1. The van der Waals surface area contributed by atoms with Gasteiger partial charge in [-0.05, 0) is 37.1 Å². The molecule has 1 aromatic carbocycles. The lowest BCUT2D eigenvalue weighted by Crippen LogP contribution is -2.29. The summed E-state index contributed by atoms with van der Waals surface area (Å²) in [6.07, 6.45) is 3.53. The van der Waals surface area contributed by atoms with Crippen molar-refractivity contribution in [1.82, 2.24) is 4.90 Å². The van der Waals surface area contributed by atoms with Gasteiger partial charge in [-0.15, -0.1) is 0 Å². The van der Waals surface area contributed by atoms with Crippen LogP contribution in [0.4, 0.5) is 8.78 Å². The van der Waals surface area contributed by atoms with Gasteiger partial charge in [-0.25, -0.2) is 8.78 Å². The van der Waals surface area contributed by atoms with Crippen LogP contribution in [0.1, 0.15) is 31.4 Å². The van der Waals surface area contributed by atoms with Gasteiger partial charge in [0.15, 0.2) is 0 Å². The molecule has 0 saturated carbocycles. The maximum atomic E-state index is 13.9. The van der Waals surface area contributed by atoms with Crippen molar-refractivity contribution in [1.29, 1.82) is 0 Å². The van der Waals surface area contributed by atoms with Crippen LogP contribution in [0.3, 0.4) is 0 Å². The number of aliphatic carboxylic acids is 1. The third-order valence-corrected chi connectivity index (χ3v) is 5.62. The molecule has 2 aromatic rings. The van der Waals surface area contributed by atoms with E-state index in [9.17, 15) is 18.4 Å². The number of furan rings is 1. The minimum atomic E-state index is -0.836. The molecule has 0 atom stereocenters. The summed E-state index contributed by atoms with van der Waals surface area (Å²) in [6.45, 7) is 0.422. The Bertz CT molecular complexity index is 987. The molecule has 1 aliphatic rings. The summed E-state index contributed by atoms with van der Waals surface area (Å²) in [5, 5.41) is 8.64. The van der Waals surface area contributed by atoms with E-state index in [0.717, 1.165) is 23.9 Å². The van der Waals surface area contributed by atoms with Crippen LogP contribution in [0.5, 0.6) is 0 Å². The van der Waals surface area contributed by atoms with Crippen LogP contribution in [-0.2, 0) is 9.59 Å². The Kier molecular flexibility index (Phi) is 6.81. The number of halogens is 2. The number of thiocarbonyl (C=S) groups is 1. The Balaban J connectivity index is 1.65. The summed E-state index contributed by atoms with van der Waals surface area (Å²) in [5.74, 6) is -1.92. The van der Waals surface area contributed by atoms with Gasteiger partial charge in [0.25, 0.3) is 5.91 Å². The van der Waals surface area contributed by atoms with E-state index in [1.54, 1.807) is 12.1 Å². The average molecular weight is 437 g/mol. The Morgan fingerprint density at radius 2 is 2.00 bits per heavy atom. The van der Waals surface area contributed by atoms with Crippen LogP contribution in [0.25, 0.3) is 17.4 Å². The highest BCUT2D eigenvalue weighted by Crippen LogP contribution is 2.34. The quantitative estimate of drug-likeness (QED) is 0.353. The molecule has 3 rings (SSSR count). The van der Waals surface area contributed by atoms with Crippen molar-refractivity contribution in [2.24, 2.45) is 0 Å². The molecule has 0 aliphatic carbocycles. The van der Waals surface area contributed by atoms with Gasteiger partial charge in [0, 0.05) is 25.1 Å². The van der Waals surface area contributed by atoms with E-state index in [1.807, 2.05) is 0 Å². The van der Waals surface area contributed by atoms with E-state index < -0.39 is 17.6 Å². The normalized spacial score (nSPS) is 15.5. The van der Waals surface area contributed by atoms with E-state index in [4.69, 9.17) is 21.7 Å². The van der Waals surface area contributed by atoms with Crippen molar-refractivity contribution >= 4 is 46.3 Å². The van der Waals surface area contributed by atoms with E-state index >= 15 is 0 Å². The average Bonchev–Trinajstić information content (AvgIpc) is 3.21. The topological polar surface area (TPSA) is 70.8 Å². The Hall–Kier alpha value is -2.52. The SMILES string of the molecule is O=C(O)CCCCCN1C(=O)C(=Cc2ccc(-c3ccc(F)cc3F)o2)SC1=S. The van der Waals surface area contributed by atoms with Crippen molar-refractivity contribution in [2.75, 3.05) is 6.54 Å². The maximum absolute atomic E-state index is 13.9. The maximum Gasteiger partial charge on any atom is 0.303 e. The molecule has 2 heterocycles. The molecule has 29 heavy (non-hydrogen) atoms. The number of rotatable bonds is 8. The second-order valence-corrected chi connectivity index (χ2v) is 8.04.